The molecule has 1 unspecified atom stereocenters. The zero-order valence-corrected chi connectivity index (χ0v) is 7.01. The first-order valence-corrected chi connectivity index (χ1v) is 3.91. The van der Waals surface area contributed by atoms with Gasteiger partial charge in [-0.15, -0.1) is 0 Å². The summed E-state index contributed by atoms with van der Waals surface area (Å²) in [6.07, 6.45) is 2.78. The van der Waals surface area contributed by atoms with E-state index in [0.717, 1.165) is 0 Å². The van der Waals surface area contributed by atoms with E-state index in [1.54, 1.807) is 0 Å². The molecule has 0 radical (unpaired) electrons. The molecule has 0 amide bonds. The molecule has 0 bridgehead atoms. The topological polar surface area (TPSA) is 3.24 Å². The molecule has 50 valence electrons. The van der Waals surface area contributed by atoms with E-state index in [2.05, 4.69) is 14.1 Å². The van der Waals surface area contributed by atoms with Crippen molar-refractivity contribution in [3.63, 3.8) is 0 Å². The van der Waals surface area contributed by atoms with Gasteiger partial charge in [-0.2, -0.15) is 0 Å². The Hall–Kier alpha value is 0.390. The van der Waals surface area contributed by atoms with Crippen molar-refractivity contribution in [2.24, 2.45) is 0 Å². The lowest BCUT2D eigenvalue weighted by Crippen LogP contribution is -2.01. The Bertz CT molecular complexity index is 41.8. The summed E-state index contributed by atoms with van der Waals surface area (Å²) in [5.74, 6) is 0. The molecule has 0 aliphatic carbocycles. The van der Waals surface area contributed by atoms with Crippen molar-refractivity contribution in [2.45, 2.75) is 26.7 Å². The molecule has 0 spiro atoms. The van der Waals surface area contributed by atoms with Gasteiger partial charge in [-0.05, 0) is 12.8 Å². The van der Waals surface area contributed by atoms with Gasteiger partial charge in [0.15, 0.2) is 0 Å². The molecule has 2 heteroatoms. The van der Waals surface area contributed by atoms with Gasteiger partial charge in [0.1, 0.15) is 0 Å². The molecule has 8 heavy (non-hydrogen) atoms. The normalized spacial score (nSPS) is 19.9. The maximum absolute atomic E-state index is 2.71. The van der Waals surface area contributed by atoms with Crippen LogP contribution in [0.2, 0.25) is 0 Å². The lowest BCUT2D eigenvalue weighted by atomic mass is 10.4. The number of hydrogen-bond acceptors (Lipinski definition) is 1. The van der Waals surface area contributed by atoms with Gasteiger partial charge in [-0.3, -0.25) is 4.67 Å². The summed E-state index contributed by atoms with van der Waals surface area (Å²) >= 11 is 0. The minimum atomic E-state index is 1.28. The molecule has 1 atom stereocenters. The second-order valence-electron chi connectivity index (χ2n) is 1.74. The van der Waals surface area contributed by atoms with Gasteiger partial charge in [0.25, 0.3) is 0 Å². The van der Waals surface area contributed by atoms with E-state index in [-0.39, 0.29) is 0 Å². The van der Waals surface area contributed by atoms with Crippen LogP contribution in [0.3, 0.4) is 0 Å². The second-order valence-corrected chi connectivity index (χ2v) is 2.47. The van der Waals surface area contributed by atoms with Crippen LogP contribution in [0.25, 0.3) is 0 Å². The van der Waals surface area contributed by atoms with Crippen LogP contribution in [0, 0.1) is 0 Å². The van der Waals surface area contributed by atoms with Crippen molar-refractivity contribution >= 4 is 9.39 Å². The van der Waals surface area contributed by atoms with Crippen LogP contribution >= 0.6 is 9.39 Å². The highest BCUT2D eigenvalue weighted by Gasteiger charge is 2.03. The third kappa shape index (κ3) is 3.40. The minimum absolute atomic E-state index is 1.28. The highest BCUT2D eigenvalue weighted by Crippen LogP contribution is 2.10. The summed E-state index contributed by atoms with van der Waals surface area (Å²) in [5, 5.41) is 0. The Kier molecular flexibility index (Phi) is 5.79. The minimum Gasteiger partial charge on any atom is -0.287 e. The first-order chi connectivity index (χ1) is 3.89. The van der Waals surface area contributed by atoms with E-state index in [4.69, 9.17) is 0 Å². The van der Waals surface area contributed by atoms with Crippen molar-refractivity contribution in [2.75, 3.05) is 13.1 Å². The fourth-order valence-corrected chi connectivity index (χ4v) is 1.11. The zero-order chi connectivity index (χ0) is 6.41. The SMILES string of the molecule is CC.PN1CCCC1. The molecule has 1 heterocycles. The molecular weight excluding hydrogens is 117 g/mol. The Morgan fingerprint density at radius 1 is 1.12 bits per heavy atom. The second kappa shape index (κ2) is 5.53. The van der Waals surface area contributed by atoms with Crippen molar-refractivity contribution in [1.29, 1.82) is 0 Å². The first kappa shape index (κ1) is 8.39. The van der Waals surface area contributed by atoms with Crippen LogP contribution in [-0.4, -0.2) is 17.8 Å². The fraction of sp³-hybridized carbons (Fsp3) is 1.00. The molecule has 0 aromatic rings. The Labute approximate surface area is 54.7 Å². The molecule has 1 fully saturated rings. The quantitative estimate of drug-likeness (QED) is 0.456. The summed E-state index contributed by atoms with van der Waals surface area (Å²) in [6, 6.07) is 0. The smallest absolute Gasteiger partial charge is 0.00166 e. The highest BCUT2D eigenvalue weighted by molar-refractivity contribution is 7.13. The maximum atomic E-state index is 2.71. The number of rotatable bonds is 0. The predicted octanol–water partition coefficient (Wildman–Crippen LogP) is 1.90. The van der Waals surface area contributed by atoms with Crippen molar-refractivity contribution < 1.29 is 0 Å². The van der Waals surface area contributed by atoms with E-state index in [1.807, 2.05) is 13.8 Å². The summed E-state index contributed by atoms with van der Waals surface area (Å²) < 4.78 is 2.28. The van der Waals surface area contributed by atoms with E-state index in [1.165, 1.54) is 25.9 Å². The van der Waals surface area contributed by atoms with Gasteiger partial charge in [0.2, 0.25) is 0 Å². The summed E-state index contributed by atoms with van der Waals surface area (Å²) in [7, 11) is 2.71. The van der Waals surface area contributed by atoms with Gasteiger partial charge in [0, 0.05) is 13.1 Å². The number of nitrogens with zero attached hydrogens (tertiary/aromatic N) is 1. The third-order valence-corrected chi connectivity index (χ3v) is 1.66. The van der Waals surface area contributed by atoms with Crippen LogP contribution < -0.4 is 0 Å². The molecule has 1 aliphatic heterocycles. The molecule has 1 rings (SSSR count). The van der Waals surface area contributed by atoms with E-state index < -0.39 is 0 Å². The molecule has 0 aromatic carbocycles. The average Bonchev–Trinajstić information content (AvgIpc) is 2.24. The average molecular weight is 133 g/mol. The van der Waals surface area contributed by atoms with Crippen molar-refractivity contribution in [1.82, 2.24) is 4.67 Å². The monoisotopic (exact) mass is 133 g/mol. The lowest BCUT2D eigenvalue weighted by Gasteiger charge is -2.00. The van der Waals surface area contributed by atoms with E-state index in [9.17, 15) is 0 Å². The largest absolute Gasteiger partial charge is 0.287 e. The maximum Gasteiger partial charge on any atom is 0.00166 e. The molecule has 0 aromatic heterocycles. The van der Waals surface area contributed by atoms with Crippen LogP contribution in [-0.2, 0) is 0 Å². The summed E-state index contributed by atoms with van der Waals surface area (Å²) in [4.78, 5) is 0. The van der Waals surface area contributed by atoms with Crippen molar-refractivity contribution in [3.8, 4) is 0 Å². The highest BCUT2D eigenvalue weighted by atomic mass is 31.0. The fourth-order valence-electron chi connectivity index (χ4n) is 0.742. The zero-order valence-electron chi connectivity index (χ0n) is 5.85. The Morgan fingerprint density at radius 3 is 1.62 bits per heavy atom. The number of hydrogen-bond donors (Lipinski definition) is 0. The summed E-state index contributed by atoms with van der Waals surface area (Å²) in [6.45, 7) is 6.56. The van der Waals surface area contributed by atoms with Gasteiger partial charge in [-0.1, -0.05) is 23.2 Å². The van der Waals surface area contributed by atoms with Gasteiger partial charge in [0.05, 0.1) is 0 Å². The third-order valence-electron chi connectivity index (χ3n) is 1.14. The first-order valence-electron chi connectivity index (χ1n) is 3.39. The Morgan fingerprint density at radius 2 is 1.50 bits per heavy atom. The van der Waals surface area contributed by atoms with Crippen LogP contribution in [0.1, 0.15) is 26.7 Å². The van der Waals surface area contributed by atoms with Gasteiger partial charge in [-0.25, -0.2) is 0 Å². The molecule has 0 N–H and O–H groups in total. The predicted molar refractivity (Wildman–Crippen MR) is 41.9 cm³/mol. The van der Waals surface area contributed by atoms with Gasteiger partial charge >= 0.3 is 0 Å². The molecular formula is C6H16NP. The molecule has 1 saturated heterocycles. The van der Waals surface area contributed by atoms with Crippen LogP contribution in [0.4, 0.5) is 0 Å². The Balaban J connectivity index is 0.000000222. The lowest BCUT2D eigenvalue weighted by molar-refractivity contribution is 0.586. The molecule has 0 saturated carbocycles. The van der Waals surface area contributed by atoms with Crippen LogP contribution in [0.15, 0.2) is 0 Å². The van der Waals surface area contributed by atoms with Crippen molar-refractivity contribution in [3.05, 3.63) is 0 Å². The van der Waals surface area contributed by atoms with Gasteiger partial charge < -0.3 is 0 Å². The van der Waals surface area contributed by atoms with Crippen LogP contribution in [0.5, 0.6) is 0 Å². The van der Waals surface area contributed by atoms with E-state index in [0.29, 0.717) is 0 Å². The molecule has 1 aliphatic rings. The summed E-state index contributed by atoms with van der Waals surface area (Å²) in [5.41, 5.74) is 0. The molecule has 1 nitrogen and oxygen atoms in total. The van der Waals surface area contributed by atoms with E-state index >= 15 is 0 Å². The standard InChI is InChI=1S/C4H10NP.C2H6/c6-5-3-1-2-4-5;1-2/h1-4,6H2;1-2H3.